The van der Waals surface area contributed by atoms with Crippen molar-refractivity contribution < 1.29 is 0 Å². The van der Waals surface area contributed by atoms with E-state index in [1.54, 1.807) is 0 Å². The summed E-state index contributed by atoms with van der Waals surface area (Å²) in [5, 5.41) is 3.44. The van der Waals surface area contributed by atoms with Gasteiger partial charge < -0.3 is 15.1 Å². The molecule has 0 spiro atoms. The molecule has 0 amide bonds. The molecule has 142 valence electrons. The van der Waals surface area contributed by atoms with Crippen LogP contribution >= 0.6 is 24.0 Å². The van der Waals surface area contributed by atoms with Crippen LogP contribution in [0, 0.1) is 5.92 Å². The number of piperidine rings is 1. The van der Waals surface area contributed by atoms with Gasteiger partial charge in [0.1, 0.15) is 0 Å². The lowest BCUT2D eigenvalue weighted by atomic mass is 9.99. The topological polar surface area (TPSA) is 30.9 Å². The minimum Gasteiger partial charge on any atom is -0.357 e. The fourth-order valence-electron chi connectivity index (χ4n) is 3.34. The van der Waals surface area contributed by atoms with Gasteiger partial charge in [-0.15, -0.1) is 24.0 Å². The minimum absolute atomic E-state index is 0. The van der Waals surface area contributed by atoms with Gasteiger partial charge in [0, 0.05) is 33.2 Å². The number of nitrogens with one attached hydrogen (secondary N) is 1. The molecule has 1 N–H and O–H groups in total. The van der Waals surface area contributed by atoms with Crippen molar-refractivity contribution in [2.24, 2.45) is 10.9 Å². The fourth-order valence-corrected chi connectivity index (χ4v) is 3.34. The highest BCUT2D eigenvalue weighted by atomic mass is 127. The van der Waals surface area contributed by atoms with Crippen LogP contribution in [-0.2, 0) is 13.0 Å². The van der Waals surface area contributed by atoms with Gasteiger partial charge in [-0.2, -0.15) is 0 Å². The molecule has 1 atom stereocenters. The third-order valence-corrected chi connectivity index (χ3v) is 4.77. The molecule has 4 nitrogen and oxygen atoms in total. The predicted molar refractivity (Wildman–Crippen MR) is 119 cm³/mol. The molecule has 1 fully saturated rings. The maximum Gasteiger partial charge on any atom is 0.193 e. The number of aliphatic imine (C=N–C) groups is 1. The second-order valence-electron chi connectivity index (χ2n) is 6.99. The Hall–Kier alpha value is -0.820. The lowest BCUT2D eigenvalue weighted by Gasteiger charge is -2.29. The number of nitrogens with zero attached hydrogens (tertiary/aromatic N) is 3. The Morgan fingerprint density at radius 2 is 1.92 bits per heavy atom. The fraction of sp³-hybridized carbons (Fsp3) is 0.650. The monoisotopic (exact) mass is 458 g/mol. The van der Waals surface area contributed by atoms with Crippen molar-refractivity contribution in [1.29, 1.82) is 0 Å². The van der Waals surface area contributed by atoms with Gasteiger partial charge in [-0.05, 0) is 56.8 Å². The summed E-state index contributed by atoms with van der Waals surface area (Å²) in [5.74, 6) is 1.71. The van der Waals surface area contributed by atoms with E-state index in [0.717, 1.165) is 32.0 Å². The first-order valence-electron chi connectivity index (χ1n) is 9.38. The molecule has 1 aliphatic heterocycles. The Morgan fingerprint density at radius 3 is 2.52 bits per heavy atom. The molecule has 1 unspecified atom stereocenters. The normalized spacial score (nSPS) is 18.6. The molecule has 0 radical (unpaired) electrons. The van der Waals surface area contributed by atoms with Crippen LogP contribution in [0.5, 0.6) is 0 Å². The van der Waals surface area contributed by atoms with Crippen LogP contribution < -0.4 is 5.32 Å². The Labute approximate surface area is 171 Å². The summed E-state index contributed by atoms with van der Waals surface area (Å²) >= 11 is 0. The van der Waals surface area contributed by atoms with Crippen molar-refractivity contribution in [2.45, 2.75) is 39.7 Å². The molecule has 1 saturated heterocycles. The van der Waals surface area contributed by atoms with Gasteiger partial charge in [0.25, 0.3) is 0 Å². The summed E-state index contributed by atoms with van der Waals surface area (Å²) in [7, 11) is 4.34. The molecule has 1 aromatic carbocycles. The Bertz CT molecular complexity index is 515. The number of rotatable bonds is 6. The standard InChI is InChI=1S/C20H34N4.HI/c1-5-17-9-11-18(12-10-17)16-24(4)20(21-6-2)22-14-19-8-7-13-23(3)15-19;/h9-12,19H,5-8,13-16H2,1-4H3,(H,21,22);1H. The quantitative estimate of drug-likeness (QED) is 0.402. The van der Waals surface area contributed by atoms with Crippen molar-refractivity contribution >= 4 is 29.9 Å². The summed E-state index contributed by atoms with van der Waals surface area (Å²) in [6.07, 6.45) is 3.69. The maximum absolute atomic E-state index is 4.91. The van der Waals surface area contributed by atoms with Gasteiger partial charge in [-0.25, -0.2) is 0 Å². The van der Waals surface area contributed by atoms with E-state index in [4.69, 9.17) is 4.99 Å². The maximum atomic E-state index is 4.91. The molecular formula is C20H35IN4. The van der Waals surface area contributed by atoms with E-state index in [1.165, 1.54) is 37.1 Å². The lowest BCUT2D eigenvalue weighted by molar-refractivity contribution is 0.214. The van der Waals surface area contributed by atoms with Gasteiger partial charge in [0.2, 0.25) is 0 Å². The Balaban J connectivity index is 0.00000312. The molecule has 25 heavy (non-hydrogen) atoms. The zero-order valence-corrected chi connectivity index (χ0v) is 18.6. The van der Waals surface area contributed by atoms with Crippen molar-refractivity contribution in [3.8, 4) is 0 Å². The summed E-state index contributed by atoms with van der Waals surface area (Å²) in [6.45, 7) is 9.45. The van der Waals surface area contributed by atoms with Gasteiger partial charge >= 0.3 is 0 Å². The van der Waals surface area contributed by atoms with E-state index in [0.29, 0.717) is 5.92 Å². The van der Waals surface area contributed by atoms with Crippen molar-refractivity contribution in [2.75, 3.05) is 40.3 Å². The first-order valence-corrected chi connectivity index (χ1v) is 9.38. The average molecular weight is 458 g/mol. The minimum atomic E-state index is 0. The number of likely N-dealkylation sites (tertiary alicyclic amines) is 1. The Kier molecular flexibility index (Phi) is 10.4. The molecule has 0 aliphatic carbocycles. The second kappa shape index (κ2) is 11.7. The molecule has 2 rings (SSSR count). The number of halogens is 1. The summed E-state index contributed by atoms with van der Waals surface area (Å²) < 4.78 is 0. The first-order chi connectivity index (χ1) is 11.6. The van der Waals surface area contributed by atoms with Gasteiger partial charge in [-0.1, -0.05) is 31.2 Å². The number of benzene rings is 1. The lowest BCUT2D eigenvalue weighted by Crippen LogP contribution is -2.39. The van der Waals surface area contributed by atoms with E-state index >= 15 is 0 Å². The molecule has 0 bridgehead atoms. The average Bonchev–Trinajstić information content (AvgIpc) is 2.59. The van der Waals surface area contributed by atoms with Crippen LogP contribution in [0.1, 0.15) is 37.8 Å². The van der Waals surface area contributed by atoms with E-state index in [2.05, 4.69) is 67.3 Å². The Morgan fingerprint density at radius 1 is 1.24 bits per heavy atom. The largest absolute Gasteiger partial charge is 0.357 e. The van der Waals surface area contributed by atoms with Crippen molar-refractivity contribution in [3.63, 3.8) is 0 Å². The molecule has 1 aliphatic rings. The molecule has 5 heteroatoms. The number of hydrogen-bond donors (Lipinski definition) is 1. The summed E-state index contributed by atoms with van der Waals surface area (Å²) in [6, 6.07) is 8.92. The summed E-state index contributed by atoms with van der Waals surface area (Å²) in [4.78, 5) is 9.57. The van der Waals surface area contributed by atoms with Gasteiger partial charge in [0.05, 0.1) is 0 Å². The van der Waals surface area contributed by atoms with Crippen LogP contribution in [0.25, 0.3) is 0 Å². The third-order valence-electron chi connectivity index (χ3n) is 4.77. The molecular weight excluding hydrogens is 423 g/mol. The van der Waals surface area contributed by atoms with Crippen LogP contribution in [0.2, 0.25) is 0 Å². The molecule has 1 heterocycles. The first kappa shape index (κ1) is 22.2. The zero-order chi connectivity index (χ0) is 17.4. The highest BCUT2D eigenvalue weighted by molar-refractivity contribution is 14.0. The van der Waals surface area contributed by atoms with E-state index in [1.807, 2.05) is 0 Å². The van der Waals surface area contributed by atoms with Crippen LogP contribution in [0.4, 0.5) is 0 Å². The second-order valence-corrected chi connectivity index (χ2v) is 6.99. The smallest absolute Gasteiger partial charge is 0.193 e. The highest BCUT2D eigenvalue weighted by Gasteiger charge is 2.17. The molecule has 0 aromatic heterocycles. The number of hydrogen-bond acceptors (Lipinski definition) is 2. The highest BCUT2D eigenvalue weighted by Crippen LogP contribution is 2.15. The molecule has 0 saturated carbocycles. The van der Waals surface area contributed by atoms with Crippen LogP contribution in [-0.4, -0.2) is 56.0 Å². The summed E-state index contributed by atoms with van der Waals surface area (Å²) in [5.41, 5.74) is 2.72. The zero-order valence-electron chi connectivity index (χ0n) is 16.3. The van der Waals surface area contributed by atoms with E-state index < -0.39 is 0 Å². The number of aryl methyl sites for hydroxylation is 1. The van der Waals surface area contributed by atoms with Gasteiger partial charge in [-0.3, -0.25) is 4.99 Å². The van der Waals surface area contributed by atoms with E-state index in [9.17, 15) is 0 Å². The van der Waals surface area contributed by atoms with Crippen LogP contribution in [0.15, 0.2) is 29.3 Å². The SMILES string of the molecule is CCNC(=NCC1CCCN(C)C1)N(C)Cc1ccc(CC)cc1.I. The van der Waals surface area contributed by atoms with E-state index in [-0.39, 0.29) is 24.0 Å². The predicted octanol–water partition coefficient (Wildman–Crippen LogP) is 3.61. The van der Waals surface area contributed by atoms with Gasteiger partial charge in [0.15, 0.2) is 5.96 Å². The third kappa shape index (κ3) is 7.52. The number of guanidine groups is 1. The van der Waals surface area contributed by atoms with Crippen LogP contribution in [0.3, 0.4) is 0 Å². The van der Waals surface area contributed by atoms with Crippen molar-refractivity contribution in [1.82, 2.24) is 15.1 Å². The van der Waals surface area contributed by atoms with Crippen molar-refractivity contribution in [3.05, 3.63) is 35.4 Å². The molecule has 1 aromatic rings.